The van der Waals surface area contributed by atoms with Crippen LogP contribution in [0.25, 0.3) is 22.7 Å². The Bertz CT molecular complexity index is 1500. The normalized spacial score (nSPS) is 22.4. The van der Waals surface area contributed by atoms with Crippen LogP contribution in [0.2, 0.25) is 0 Å². The van der Waals surface area contributed by atoms with E-state index in [-0.39, 0.29) is 28.8 Å². The molecule has 2 aromatic heterocycles. The average molecular weight is 563 g/mol. The second kappa shape index (κ2) is 8.45. The van der Waals surface area contributed by atoms with E-state index in [1.165, 1.54) is 6.42 Å². The fourth-order valence-electron chi connectivity index (χ4n) is 5.16. The van der Waals surface area contributed by atoms with Gasteiger partial charge in [-0.15, -0.1) is 0 Å². The Hall–Kier alpha value is -2.36. The first kappa shape index (κ1) is 22.4. The summed E-state index contributed by atoms with van der Waals surface area (Å²) in [4.78, 5) is 6.62. The molecule has 6 nitrogen and oxygen atoms in total. The number of pyridine rings is 1. The zero-order valence-electron chi connectivity index (χ0n) is 18.1. The van der Waals surface area contributed by atoms with E-state index in [1.54, 1.807) is 18.3 Å². The maximum Gasteiger partial charge on any atom is 0.213 e. The quantitative estimate of drug-likeness (QED) is 0.495. The summed E-state index contributed by atoms with van der Waals surface area (Å²) in [5, 5.41) is 6.81. The molecule has 0 spiro atoms. The molecule has 0 amide bonds. The third kappa shape index (κ3) is 3.24. The number of H-pyrrole nitrogens is 1. The van der Waals surface area contributed by atoms with Crippen LogP contribution < -0.4 is 10.6 Å². The van der Waals surface area contributed by atoms with Crippen molar-refractivity contribution >= 4 is 56.4 Å². The smallest absolute Gasteiger partial charge is 0.213 e. The first-order valence-electron chi connectivity index (χ1n) is 11.0. The Kier molecular flexibility index (Phi) is 5.74. The minimum Gasteiger partial charge on any atom is -0.361 e. The predicted molar refractivity (Wildman–Crippen MR) is 131 cm³/mol. The van der Waals surface area contributed by atoms with E-state index in [9.17, 15) is 8.42 Å². The van der Waals surface area contributed by atoms with Crippen molar-refractivity contribution in [3.05, 3.63) is 83.7 Å². The predicted octanol–water partition coefficient (Wildman–Crippen LogP) is 2.08. The number of sulfone groups is 1. The van der Waals surface area contributed by atoms with Crippen LogP contribution in [0.1, 0.15) is 19.3 Å². The van der Waals surface area contributed by atoms with Gasteiger partial charge < -0.3 is 4.98 Å². The van der Waals surface area contributed by atoms with Crippen molar-refractivity contribution in [2.24, 2.45) is 0 Å². The summed E-state index contributed by atoms with van der Waals surface area (Å²) in [5.74, 6) is 0. The van der Waals surface area contributed by atoms with Crippen LogP contribution in [0, 0.1) is 0 Å². The molecule has 4 radical (unpaired) electrons. The fourth-order valence-corrected chi connectivity index (χ4v) is 7.31. The van der Waals surface area contributed by atoms with E-state index < -0.39 is 14.7 Å². The Balaban J connectivity index is 0.00000228. The Morgan fingerprint density at radius 2 is 1.82 bits per heavy atom. The Labute approximate surface area is 209 Å². The van der Waals surface area contributed by atoms with Crippen molar-refractivity contribution in [2.45, 2.75) is 29.0 Å². The third-order valence-electron chi connectivity index (χ3n) is 6.66. The zero-order chi connectivity index (χ0) is 21.8. The summed E-state index contributed by atoms with van der Waals surface area (Å²) in [7, 11) is -3.93. The molecule has 6 rings (SSSR count). The van der Waals surface area contributed by atoms with Gasteiger partial charge in [-0.25, -0.2) is 13.4 Å². The number of aromatic amines is 1. The van der Waals surface area contributed by atoms with E-state index in [4.69, 9.17) is 0 Å². The molecule has 3 aliphatic rings. The first-order chi connectivity index (χ1) is 15.6. The van der Waals surface area contributed by atoms with Gasteiger partial charge in [0.1, 0.15) is 0 Å². The SMILES string of the molecule is O=S(=O)(c1cccc2cccnc12)C12C=CC=CC1=c1[nH]ccc1=CN2N1CCCCC1.[Sn]. The Morgan fingerprint density at radius 1 is 1.00 bits per heavy atom. The summed E-state index contributed by atoms with van der Waals surface area (Å²) in [6.45, 7) is 1.65. The number of allylic oxidation sites excluding steroid dienone is 2. The van der Waals surface area contributed by atoms with Crippen LogP contribution in [0.3, 0.4) is 0 Å². The summed E-state index contributed by atoms with van der Waals surface area (Å²) in [6, 6.07) is 11.1. The van der Waals surface area contributed by atoms with Gasteiger partial charge in [-0.3, -0.25) is 9.99 Å². The minimum absolute atomic E-state index is 0. The van der Waals surface area contributed by atoms with Gasteiger partial charge in [0, 0.05) is 71.8 Å². The molecule has 1 N–H and O–H groups in total. The molecule has 1 saturated heterocycles. The molecule has 1 unspecified atom stereocenters. The molecule has 33 heavy (non-hydrogen) atoms. The van der Waals surface area contributed by atoms with Gasteiger partial charge in [-0.05, 0) is 37.1 Å². The largest absolute Gasteiger partial charge is 0.361 e. The van der Waals surface area contributed by atoms with Crippen LogP contribution in [-0.4, -0.2) is 70.3 Å². The number of aromatic nitrogens is 2. The molecule has 1 aliphatic carbocycles. The van der Waals surface area contributed by atoms with Crippen molar-refractivity contribution in [3.63, 3.8) is 0 Å². The number of nitrogens with zero attached hydrogens (tertiary/aromatic N) is 3. The summed E-state index contributed by atoms with van der Waals surface area (Å²) < 4.78 is 29.4. The summed E-state index contributed by atoms with van der Waals surface area (Å²) in [6.07, 6.45) is 16.3. The molecule has 8 heteroatoms. The van der Waals surface area contributed by atoms with Crippen molar-refractivity contribution in [2.75, 3.05) is 13.1 Å². The van der Waals surface area contributed by atoms with Gasteiger partial charge in [0.2, 0.25) is 14.7 Å². The summed E-state index contributed by atoms with van der Waals surface area (Å²) in [5.41, 5.74) is 1.24. The number of hydrazine groups is 1. The molecule has 2 aliphatic heterocycles. The van der Waals surface area contributed by atoms with E-state index in [0.717, 1.165) is 47.5 Å². The van der Waals surface area contributed by atoms with Crippen molar-refractivity contribution in [1.82, 2.24) is 20.0 Å². The standard InChI is InChI=1S/C25H24N4O2S.Sn/c30-32(31,22-11-6-8-19-9-7-14-26-24(19)22)25-13-3-2-10-21(25)23-20(12-15-27-23)18-29(25)28-16-4-1-5-17-28;/h2-3,6-15,18,27H,1,4-5,16-17H2;. The molecule has 0 saturated carbocycles. The van der Waals surface area contributed by atoms with Crippen LogP contribution in [0.5, 0.6) is 0 Å². The molecule has 0 bridgehead atoms. The van der Waals surface area contributed by atoms with E-state index in [0.29, 0.717) is 5.52 Å². The number of hydrogen-bond donors (Lipinski definition) is 1. The number of hydrogen-bond acceptors (Lipinski definition) is 5. The monoisotopic (exact) mass is 564 g/mol. The van der Waals surface area contributed by atoms with Gasteiger partial charge in [0.25, 0.3) is 0 Å². The zero-order valence-corrected chi connectivity index (χ0v) is 21.8. The number of benzene rings is 1. The topological polar surface area (TPSA) is 69.3 Å². The molecule has 1 atom stereocenters. The molecule has 4 heterocycles. The third-order valence-corrected chi connectivity index (χ3v) is 8.94. The van der Waals surface area contributed by atoms with Gasteiger partial charge in [0.05, 0.1) is 15.8 Å². The molecule has 3 aromatic rings. The fraction of sp³-hybridized carbons (Fsp3) is 0.240. The van der Waals surface area contributed by atoms with Crippen molar-refractivity contribution < 1.29 is 8.42 Å². The van der Waals surface area contributed by atoms with Gasteiger partial charge >= 0.3 is 0 Å². The number of nitrogens with one attached hydrogen (secondary N) is 1. The number of para-hydroxylation sites is 1. The van der Waals surface area contributed by atoms with Crippen LogP contribution in [0.4, 0.5) is 0 Å². The van der Waals surface area contributed by atoms with E-state index in [1.807, 2.05) is 66.0 Å². The van der Waals surface area contributed by atoms with E-state index in [2.05, 4.69) is 15.0 Å². The van der Waals surface area contributed by atoms with Crippen molar-refractivity contribution in [1.29, 1.82) is 0 Å². The molecular formula is C25H24N4O2SSn. The number of fused-ring (bicyclic) bond motifs is 3. The molecule has 1 aromatic carbocycles. The molecule has 1 fully saturated rings. The number of piperidine rings is 1. The maximum atomic E-state index is 14.7. The second-order valence-electron chi connectivity index (χ2n) is 8.46. The number of rotatable bonds is 3. The summed E-state index contributed by atoms with van der Waals surface area (Å²) >= 11 is 0. The first-order valence-corrected chi connectivity index (χ1v) is 12.5. The minimum atomic E-state index is -3.93. The van der Waals surface area contributed by atoms with Crippen molar-refractivity contribution in [3.8, 4) is 0 Å². The van der Waals surface area contributed by atoms with Gasteiger partial charge in [-0.1, -0.05) is 42.8 Å². The van der Waals surface area contributed by atoms with Gasteiger partial charge in [-0.2, -0.15) is 0 Å². The Morgan fingerprint density at radius 3 is 2.67 bits per heavy atom. The van der Waals surface area contributed by atoms with Gasteiger partial charge in [0.15, 0.2) is 0 Å². The molecule has 166 valence electrons. The van der Waals surface area contributed by atoms with Crippen LogP contribution >= 0.6 is 0 Å². The van der Waals surface area contributed by atoms with Crippen LogP contribution in [0.15, 0.2) is 78.0 Å². The second-order valence-corrected chi connectivity index (χ2v) is 10.5. The van der Waals surface area contributed by atoms with Crippen LogP contribution in [-0.2, 0) is 9.84 Å². The average Bonchev–Trinajstić information content (AvgIpc) is 3.32. The van der Waals surface area contributed by atoms with E-state index >= 15 is 0 Å². The molecular weight excluding hydrogens is 539 g/mol. The maximum absolute atomic E-state index is 14.7.